The molecule has 0 bridgehead atoms. The maximum Gasteiger partial charge on any atom is 0.349 e. The first-order valence-corrected chi connectivity index (χ1v) is 10.6. The average Bonchev–Trinajstić information content (AvgIpc) is 2.74. The molecule has 1 saturated heterocycles. The lowest BCUT2D eigenvalue weighted by atomic mass is 10.2. The molecule has 1 heterocycles. The van der Waals surface area contributed by atoms with E-state index in [0.717, 1.165) is 0 Å². The highest BCUT2D eigenvalue weighted by Crippen LogP contribution is 2.64. The lowest BCUT2D eigenvalue weighted by Gasteiger charge is -2.33. The monoisotopic (exact) mass is 357 g/mol. The zero-order valence-corrected chi connectivity index (χ0v) is 16.5. The summed E-state index contributed by atoms with van der Waals surface area (Å²) >= 11 is 1.77. The number of thioether (sulfide) groups is 1. The summed E-state index contributed by atoms with van der Waals surface area (Å²) in [7, 11) is -3.29. The molecule has 130 valence electrons. The van der Waals surface area contributed by atoms with Crippen molar-refractivity contribution in [3.05, 3.63) is 35.9 Å². The molecule has 2 atom stereocenters. The third-order valence-electron chi connectivity index (χ3n) is 3.52. The van der Waals surface area contributed by atoms with Gasteiger partial charge in [0.05, 0.1) is 17.6 Å². The van der Waals surface area contributed by atoms with Gasteiger partial charge >= 0.3 is 7.60 Å². The fraction of sp³-hybridized carbons (Fsp3) is 0.647. The second-order valence-corrected chi connectivity index (χ2v) is 10.7. The Kier molecular flexibility index (Phi) is 6.02. The Labute approximate surface area is 144 Å². The molecular weight excluding hydrogens is 329 g/mol. The quantitative estimate of drug-likeness (QED) is 0.712. The van der Waals surface area contributed by atoms with Gasteiger partial charge in [-0.2, -0.15) is 0 Å². The molecule has 1 aliphatic rings. The molecule has 4 nitrogen and oxygen atoms in total. The van der Waals surface area contributed by atoms with Crippen LogP contribution in [0.25, 0.3) is 0 Å². The molecule has 0 saturated carbocycles. The van der Waals surface area contributed by atoms with Crippen LogP contribution in [0.1, 0.15) is 52.5 Å². The standard InChI is InChI=1S/C17H28NO3PS/c1-12(2)20-22(19,21-13(3)4)16-17(5,6)23-15(18-16)14-10-8-7-9-11-14/h7-13,15-16,18H,1-6H3/t15-,16+/m1/s1. The van der Waals surface area contributed by atoms with Crippen LogP contribution in [0.2, 0.25) is 0 Å². The maximum absolute atomic E-state index is 13.5. The lowest BCUT2D eigenvalue weighted by molar-refractivity contribution is 0.132. The summed E-state index contributed by atoms with van der Waals surface area (Å²) < 4.78 is 24.9. The minimum atomic E-state index is -3.29. The second kappa shape index (κ2) is 7.28. The predicted octanol–water partition coefficient (Wildman–Crippen LogP) is 5.17. The highest BCUT2D eigenvalue weighted by Gasteiger charge is 2.53. The van der Waals surface area contributed by atoms with E-state index in [1.807, 2.05) is 45.9 Å². The summed E-state index contributed by atoms with van der Waals surface area (Å²) in [5.74, 6) is -0.352. The van der Waals surface area contributed by atoms with E-state index in [4.69, 9.17) is 9.05 Å². The van der Waals surface area contributed by atoms with Crippen LogP contribution in [0, 0.1) is 0 Å². The van der Waals surface area contributed by atoms with E-state index in [0.29, 0.717) is 0 Å². The second-order valence-electron chi connectivity index (χ2n) is 6.93. The van der Waals surface area contributed by atoms with Crippen LogP contribution in [0.15, 0.2) is 30.3 Å². The first-order valence-electron chi connectivity index (χ1n) is 8.09. The van der Waals surface area contributed by atoms with Gasteiger partial charge in [0.15, 0.2) is 0 Å². The Hall–Kier alpha value is -0.320. The minimum Gasteiger partial charge on any atom is -0.305 e. The maximum atomic E-state index is 13.5. The molecule has 2 rings (SSSR count). The van der Waals surface area contributed by atoms with E-state index < -0.39 is 7.60 Å². The predicted molar refractivity (Wildman–Crippen MR) is 97.8 cm³/mol. The SMILES string of the molecule is CC(C)OP(=O)(OC(C)C)[C@@H]1N[C@@H](c2ccccc2)SC1(C)C. The van der Waals surface area contributed by atoms with Crippen LogP contribution in [0.3, 0.4) is 0 Å². The fourth-order valence-electron chi connectivity index (χ4n) is 2.74. The van der Waals surface area contributed by atoms with Gasteiger partial charge in [-0.25, -0.2) is 0 Å². The molecule has 6 heteroatoms. The van der Waals surface area contributed by atoms with E-state index in [-0.39, 0.29) is 28.1 Å². The van der Waals surface area contributed by atoms with Gasteiger partial charge in [0.2, 0.25) is 0 Å². The number of hydrogen-bond acceptors (Lipinski definition) is 5. The van der Waals surface area contributed by atoms with E-state index >= 15 is 0 Å². The highest BCUT2D eigenvalue weighted by molar-refractivity contribution is 8.01. The molecule has 1 aromatic rings. The number of nitrogens with one attached hydrogen (secondary N) is 1. The molecule has 1 fully saturated rings. The van der Waals surface area contributed by atoms with Crippen LogP contribution in [-0.2, 0) is 13.6 Å². The van der Waals surface area contributed by atoms with Crippen molar-refractivity contribution in [2.75, 3.05) is 0 Å². The van der Waals surface area contributed by atoms with Crippen molar-refractivity contribution in [3.8, 4) is 0 Å². The molecule has 0 spiro atoms. The van der Waals surface area contributed by atoms with Crippen molar-refractivity contribution >= 4 is 19.4 Å². The van der Waals surface area contributed by atoms with Gasteiger partial charge < -0.3 is 9.05 Å². The van der Waals surface area contributed by atoms with Crippen LogP contribution in [-0.4, -0.2) is 22.7 Å². The largest absolute Gasteiger partial charge is 0.349 e. The smallest absolute Gasteiger partial charge is 0.305 e. The van der Waals surface area contributed by atoms with Crippen LogP contribution < -0.4 is 5.32 Å². The first-order chi connectivity index (χ1) is 10.6. The Morgan fingerprint density at radius 2 is 1.61 bits per heavy atom. The average molecular weight is 357 g/mol. The van der Waals surface area contributed by atoms with Crippen molar-refractivity contribution in [2.24, 2.45) is 0 Å². The van der Waals surface area contributed by atoms with Gasteiger partial charge in [-0.3, -0.25) is 9.88 Å². The summed E-state index contributed by atoms with van der Waals surface area (Å²) in [6.45, 7) is 11.7. The van der Waals surface area contributed by atoms with Crippen molar-refractivity contribution < 1.29 is 13.6 Å². The topological polar surface area (TPSA) is 47.6 Å². The lowest BCUT2D eigenvalue weighted by Crippen LogP contribution is -2.39. The van der Waals surface area contributed by atoms with Gasteiger partial charge in [-0.05, 0) is 47.1 Å². The third-order valence-corrected chi connectivity index (χ3v) is 8.04. The van der Waals surface area contributed by atoms with E-state index in [1.54, 1.807) is 11.8 Å². The van der Waals surface area contributed by atoms with Crippen molar-refractivity contribution in [1.82, 2.24) is 5.32 Å². The molecule has 0 aliphatic carbocycles. The van der Waals surface area contributed by atoms with Gasteiger partial charge in [-0.1, -0.05) is 30.3 Å². The van der Waals surface area contributed by atoms with E-state index in [1.165, 1.54) is 5.56 Å². The Morgan fingerprint density at radius 3 is 2.09 bits per heavy atom. The number of hydrogen-bond donors (Lipinski definition) is 1. The van der Waals surface area contributed by atoms with E-state index in [9.17, 15) is 4.57 Å². The zero-order valence-electron chi connectivity index (χ0n) is 14.8. The normalized spacial score (nSPS) is 24.5. The van der Waals surface area contributed by atoms with E-state index in [2.05, 4.69) is 31.3 Å². The molecular formula is C17H28NO3PS. The summed E-state index contributed by atoms with van der Waals surface area (Å²) in [4.78, 5) is 0. The highest BCUT2D eigenvalue weighted by atomic mass is 32.2. The molecule has 0 unspecified atom stereocenters. The molecule has 1 aromatic carbocycles. The van der Waals surface area contributed by atoms with Crippen molar-refractivity contribution in [1.29, 1.82) is 0 Å². The van der Waals surface area contributed by atoms with Crippen LogP contribution >= 0.6 is 19.4 Å². The fourth-order valence-corrected chi connectivity index (χ4v) is 7.28. The van der Waals surface area contributed by atoms with Gasteiger partial charge in [-0.15, -0.1) is 11.8 Å². The molecule has 1 aliphatic heterocycles. The first kappa shape index (κ1) is 19.0. The molecule has 0 amide bonds. The van der Waals surface area contributed by atoms with Gasteiger partial charge in [0.1, 0.15) is 5.78 Å². The summed E-state index contributed by atoms with van der Waals surface area (Å²) in [5.41, 5.74) is 1.17. The minimum absolute atomic E-state index is 0.0797. The summed E-state index contributed by atoms with van der Waals surface area (Å²) in [6.07, 6.45) is -0.309. The van der Waals surface area contributed by atoms with Crippen molar-refractivity contribution in [3.63, 3.8) is 0 Å². The third kappa shape index (κ3) is 4.61. The zero-order chi connectivity index (χ0) is 17.3. The number of rotatable bonds is 6. The van der Waals surface area contributed by atoms with Gasteiger partial charge in [0.25, 0.3) is 0 Å². The molecule has 1 N–H and O–H groups in total. The van der Waals surface area contributed by atoms with Gasteiger partial charge in [0, 0.05) is 4.75 Å². The summed E-state index contributed by atoms with van der Waals surface area (Å²) in [6, 6.07) is 10.2. The summed E-state index contributed by atoms with van der Waals surface area (Å²) in [5, 5.41) is 3.58. The molecule has 23 heavy (non-hydrogen) atoms. The van der Waals surface area contributed by atoms with Crippen LogP contribution in [0.5, 0.6) is 0 Å². The molecule has 0 aromatic heterocycles. The Morgan fingerprint density at radius 1 is 1.09 bits per heavy atom. The number of benzene rings is 1. The Bertz CT molecular complexity index is 548. The van der Waals surface area contributed by atoms with Crippen molar-refractivity contribution in [2.45, 2.75) is 69.7 Å². The molecule has 0 radical (unpaired) electrons. The van der Waals surface area contributed by atoms with Crippen LogP contribution in [0.4, 0.5) is 0 Å². The Balaban J connectivity index is 2.29.